The number of aromatic nitrogens is 4. The molecule has 0 aliphatic heterocycles. The van der Waals surface area contributed by atoms with Gasteiger partial charge in [-0.15, -0.1) is 31.4 Å². The first-order valence-electron chi connectivity index (χ1n) is 8.78. The van der Waals surface area contributed by atoms with Gasteiger partial charge in [-0.2, -0.15) is 5.10 Å². The van der Waals surface area contributed by atoms with E-state index in [2.05, 4.69) is 34.6 Å². The van der Waals surface area contributed by atoms with Gasteiger partial charge in [-0.05, 0) is 19.4 Å². The largest absolute Gasteiger partial charge is 0.330 e. The minimum atomic E-state index is 0. The van der Waals surface area contributed by atoms with E-state index >= 15 is 0 Å². The van der Waals surface area contributed by atoms with Crippen molar-refractivity contribution in [3.05, 3.63) is 61.7 Å². The van der Waals surface area contributed by atoms with Crippen LogP contribution in [-0.2, 0) is 13.1 Å². The second kappa shape index (κ2) is 11.6. The predicted octanol–water partition coefficient (Wildman–Crippen LogP) is 4.57. The van der Waals surface area contributed by atoms with E-state index in [-0.39, 0.29) is 24.8 Å². The van der Waals surface area contributed by atoms with Gasteiger partial charge in [0, 0.05) is 23.9 Å². The summed E-state index contributed by atoms with van der Waals surface area (Å²) in [6, 6.07) is 10.3. The zero-order chi connectivity index (χ0) is 17.5. The number of hydrogen-bond donors (Lipinski definition) is 1. The van der Waals surface area contributed by atoms with Gasteiger partial charge in [0.1, 0.15) is 0 Å². The Morgan fingerprint density at radius 1 is 1.04 bits per heavy atom. The second-order valence-electron chi connectivity index (χ2n) is 6.09. The Morgan fingerprint density at radius 2 is 1.81 bits per heavy atom. The van der Waals surface area contributed by atoms with E-state index in [0.717, 1.165) is 54.9 Å². The summed E-state index contributed by atoms with van der Waals surface area (Å²) in [5.74, 6) is 0. The van der Waals surface area contributed by atoms with E-state index in [9.17, 15) is 0 Å². The fourth-order valence-electron chi connectivity index (χ4n) is 2.98. The molecule has 0 saturated heterocycles. The summed E-state index contributed by atoms with van der Waals surface area (Å²) < 4.78 is 4.12. The zero-order valence-electron chi connectivity index (χ0n) is 15.3. The first-order chi connectivity index (χ1) is 12.3. The molecule has 2 aromatic heterocycles. The van der Waals surface area contributed by atoms with Crippen LogP contribution in [0.3, 0.4) is 0 Å². The topological polar surface area (TPSA) is 61.7 Å². The zero-order valence-corrected chi connectivity index (χ0v) is 17.0. The van der Waals surface area contributed by atoms with E-state index < -0.39 is 0 Å². The third-order valence-corrected chi connectivity index (χ3v) is 4.21. The van der Waals surface area contributed by atoms with Crippen LogP contribution < -0.4 is 5.73 Å². The van der Waals surface area contributed by atoms with Gasteiger partial charge in [0.25, 0.3) is 0 Å². The van der Waals surface area contributed by atoms with Crippen molar-refractivity contribution in [2.75, 3.05) is 6.54 Å². The number of hydrogen-bond acceptors (Lipinski definition) is 3. The number of aryl methyl sites for hydroxylation is 1. The van der Waals surface area contributed by atoms with Gasteiger partial charge < -0.3 is 10.3 Å². The number of unbranched alkanes of at least 4 members (excludes halogenated alkanes) is 2. The minimum Gasteiger partial charge on any atom is -0.330 e. The van der Waals surface area contributed by atoms with E-state index in [1.165, 1.54) is 0 Å². The molecule has 0 spiro atoms. The molecule has 0 atom stereocenters. The number of nitrogens with two attached hydrogens (primary N) is 1. The molecule has 3 aromatic rings. The normalized spacial score (nSPS) is 10.1. The van der Waals surface area contributed by atoms with Crippen LogP contribution in [0.15, 0.2) is 61.7 Å². The lowest BCUT2D eigenvalue weighted by Crippen LogP contribution is -2.02. The van der Waals surface area contributed by atoms with Crippen LogP contribution in [-0.4, -0.2) is 25.9 Å². The number of halogens is 2. The Morgan fingerprint density at radius 3 is 2.52 bits per heavy atom. The van der Waals surface area contributed by atoms with E-state index in [0.29, 0.717) is 6.54 Å². The average Bonchev–Trinajstić information content (AvgIpc) is 3.26. The fraction of sp³-hybridized carbons (Fsp3) is 0.300. The number of rotatable bonds is 9. The Balaban J connectivity index is 0.00000182. The standard InChI is InChI=1S/C20H25N5.2ClH/c1-2-12-25-15-18(14-23-25)20-19(17-9-5-3-6-10-17)22-16-24(20)13-8-4-7-11-21;;/h2-3,5-6,9-10,14-16H,1,4,7-8,11-13,21H2;2*1H. The number of benzene rings is 1. The van der Waals surface area contributed by atoms with Crippen LogP contribution in [0.4, 0.5) is 0 Å². The van der Waals surface area contributed by atoms with Crippen LogP contribution in [0.5, 0.6) is 0 Å². The van der Waals surface area contributed by atoms with Crippen molar-refractivity contribution in [2.24, 2.45) is 5.73 Å². The molecule has 0 aliphatic rings. The first kappa shape index (κ1) is 23.0. The molecule has 0 bridgehead atoms. The van der Waals surface area contributed by atoms with Crippen LogP contribution in [0, 0.1) is 0 Å². The van der Waals surface area contributed by atoms with Gasteiger partial charge >= 0.3 is 0 Å². The van der Waals surface area contributed by atoms with Crippen LogP contribution in [0.2, 0.25) is 0 Å². The first-order valence-corrected chi connectivity index (χ1v) is 8.78. The van der Waals surface area contributed by atoms with E-state index in [1.54, 1.807) is 0 Å². The van der Waals surface area contributed by atoms with Crippen molar-refractivity contribution in [2.45, 2.75) is 32.4 Å². The minimum absolute atomic E-state index is 0. The summed E-state index contributed by atoms with van der Waals surface area (Å²) in [5.41, 5.74) is 9.92. The van der Waals surface area contributed by atoms with Gasteiger partial charge in [0.2, 0.25) is 0 Å². The lowest BCUT2D eigenvalue weighted by atomic mass is 10.1. The Kier molecular flexibility index (Phi) is 9.86. The number of allylic oxidation sites excluding steroid dienone is 1. The highest BCUT2D eigenvalue weighted by atomic mass is 35.5. The molecule has 0 amide bonds. The van der Waals surface area contributed by atoms with Crippen molar-refractivity contribution in [3.63, 3.8) is 0 Å². The van der Waals surface area contributed by atoms with Crippen molar-refractivity contribution >= 4 is 24.8 Å². The predicted molar refractivity (Wildman–Crippen MR) is 116 cm³/mol. The highest BCUT2D eigenvalue weighted by Crippen LogP contribution is 2.31. The van der Waals surface area contributed by atoms with Crippen molar-refractivity contribution in [1.29, 1.82) is 0 Å². The lowest BCUT2D eigenvalue weighted by Gasteiger charge is -2.09. The number of imidazole rings is 1. The molecule has 3 rings (SSSR count). The highest BCUT2D eigenvalue weighted by Gasteiger charge is 2.16. The van der Waals surface area contributed by atoms with E-state index in [4.69, 9.17) is 10.7 Å². The summed E-state index contributed by atoms with van der Waals surface area (Å²) in [6.45, 7) is 6.16. The SMILES string of the molecule is C=CCn1cc(-c2c(-c3ccccc3)ncn2CCCCCN)cn1.Cl.Cl. The number of nitrogens with zero attached hydrogens (tertiary/aromatic N) is 4. The molecule has 0 radical (unpaired) electrons. The Labute approximate surface area is 173 Å². The van der Waals surface area contributed by atoms with Gasteiger partial charge in [-0.3, -0.25) is 4.68 Å². The molecule has 0 aliphatic carbocycles. The Bertz CT molecular complexity index is 811. The van der Waals surface area contributed by atoms with Gasteiger partial charge in [0.05, 0.1) is 30.5 Å². The molecule has 27 heavy (non-hydrogen) atoms. The van der Waals surface area contributed by atoms with Gasteiger partial charge in [-0.1, -0.05) is 42.8 Å². The molecule has 2 N–H and O–H groups in total. The molecule has 5 nitrogen and oxygen atoms in total. The van der Waals surface area contributed by atoms with Crippen LogP contribution in [0.25, 0.3) is 22.5 Å². The van der Waals surface area contributed by atoms with Gasteiger partial charge in [-0.25, -0.2) is 4.98 Å². The third-order valence-electron chi connectivity index (χ3n) is 4.21. The van der Waals surface area contributed by atoms with Crippen molar-refractivity contribution in [1.82, 2.24) is 19.3 Å². The smallest absolute Gasteiger partial charge is 0.0964 e. The molecule has 0 unspecified atom stereocenters. The van der Waals surface area contributed by atoms with Crippen molar-refractivity contribution in [3.8, 4) is 22.5 Å². The van der Waals surface area contributed by atoms with Crippen molar-refractivity contribution < 1.29 is 0 Å². The summed E-state index contributed by atoms with van der Waals surface area (Å²) in [7, 11) is 0. The highest BCUT2D eigenvalue weighted by molar-refractivity contribution is 5.85. The quantitative estimate of drug-likeness (QED) is 0.417. The average molecular weight is 408 g/mol. The molecular weight excluding hydrogens is 381 g/mol. The summed E-state index contributed by atoms with van der Waals surface area (Å²) in [5, 5.41) is 4.44. The summed E-state index contributed by atoms with van der Waals surface area (Å²) in [4.78, 5) is 4.70. The summed E-state index contributed by atoms with van der Waals surface area (Å²) in [6.07, 6.45) is 11.0. The maximum Gasteiger partial charge on any atom is 0.0964 e. The third kappa shape index (κ3) is 5.70. The molecule has 0 fully saturated rings. The molecule has 1 aromatic carbocycles. The maximum absolute atomic E-state index is 5.60. The molecule has 0 saturated carbocycles. The monoisotopic (exact) mass is 407 g/mol. The molecule has 7 heteroatoms. The fourth-order valence-corrected chi connectivity index (χ4v) is 2.98. The maximum atomic E-state index is 5.60. The van der Waals surface area contributed by atoms with Crippen LogP contribution >= 0.6 is 24.8 Å². The Hall–Kier alpha value is -2.08. The molecule has 146 valence electrons. The van der Waals surface area contributed by atoms with Crippen LogP contribution in [0.1, 0.15) is 19.3 Å². The molecular formula is C20H27Cl2N5. The van der Waals surface area contributed by atoms with Gasteiger partial charge in [0.15, 0.2) is 0 Å². The van der Waals surface area contributed by atoms with E-state index in [1.807, 2.05) is 41.5 Å². The molecule has 2 heterocycles. The second-order valence-corrected chi connectivity index (χ2v) is 6.09. The summed E-state index contributed by atoms with van der Waals surface area (Å²) >= 11 is 0. The lowest BCUT2D eigenvalue weighted by molar-refractivity contribution is 0.594.